The van der Waals surface area contributed by atoms with Gasteiger partial charge in [-0.25, -0.2) is 18.7 Å². The van der Waals surface area contributed by atoms with Crippen LogP contribution in [-0.2, 0) is 77.7 Å². The van der Waals surface area contributed by atoms with Gasteiger partial charge in [0.15, 0.2) is 17.2 Å². The van der Waals surface area contributed by atoms with E-state index in [1.807, 2.05) is 4.90 Å². The van der Waals surface area contributed by atoms with Crippen molar-refractivity contribution in [1.82, 2.24) is 45.9 Å². The molecule has 4 aliphatic rings. The minimum Gasteiger partial charge on any atom is -0.458 e. The Morgan fingerprint density at radius 2 is 1.62 bits per heavy atom. The van der Waals surface area contributed by atoms with Crippen LogP contribution in [0.4, 0.5) is 4.39 Å². The van der Waals surface area contributed by atoms with Crippen LogP contribution in [-0.4, -0.2) is 145 Å². The van der Waals surface area contributed by atoms with Crippen molar-refractivity contribution in [3.05, 3.63) is 68.8 Å². The second-order valence-electron chi connectivity index (χ2n) is 18.9. The number of benzene rings is 1. The van der Waals surface area contributed by atoms with Crippen LogP contribution in [0.3, 0.4) is 0 Å². The highest BCUT2D eigenvalue weighted by molar-refractivity contribution is 7.46. The van der Waals surface area contributed by atoms with Crippen molar-refractivity contribution in [2.75, 3.05) is 39.4 Å². The van der Waals surface area contributed by atoms with Crippen molar-refractivity contribution in [3.63, 3.8) is 0 Å². The predicted octanol–water partition coefficient (Wildman–Crippen LogP) is -0.0969. The van der Waals surface area contributed by atoms with Crippen molar-refractivity contribution in [2.24, 2.45) is 0 Å². The van der Waals surface area contributed by atoms with Crippen molar-refractivity contribution in [3.8, 4) is 17.1 Å². The molecule has 7 rings (SSSR count). The fourth-order valence-corrected chi connectivity index (χ4v) is 9.87. The molecule has 2 aromatic heterocycles. The first-order valence-corrected chi connectivity index (χ1v) is 26.4. The molecule has 1 fully saturated rings. The number of esters is 1. The minimum absolute atomic E-state index is 0.00487. The first kappa shape index (κ1) is 56.8. The molecule has 410 valence electrons. The molecular weight excluding hydrogens is 1020 g/mol. The topological polar surface area (TPSA) is 344 Å². The van der Waals surface area contributed by atoms with Gasteiger partial charge in [-0.2, -0.15) is 0 Å². The van der Waals surface area contributed by atoms with E-state index in [0.717, 1.165) is 23.1 Å². The van der Waals surface area contributed by atoms with Gasteiger partial charge in [-0.3, -0.25) is 57.9 Å². The molecule has 6 heterocycles. The summed E-state index contributed by atoms with van der Waals surface area (Å²) in [6.07, 6.45) is 2.49. The summed E-state index contributed by atoms with van der Waals surface area (Å²) < 4.78 is 44.8. The number of amides is 7. The highest BCUT2D eigenvalue weighted by Crippen LogP contribution is 2.45. The lowest BCUT2D eigenvalue weighted by Crippen LogP contribution is -2.56. The normalized spacial score (nSPS) is 18.5. The predicted molar refractivity (Wildman–Crippen MR) is 265 cm³/mol. The molecule has 27 heteroatoms. The van der Waals surface area contributed by atoms with Crippen LogP contribution in [0, 0.1) is 5.82 Å². The van der Waals surface area contributed by atoms with Crippen molar-refractivity contribution < 1.29 is 76.2 Å². The number of pyridine rings is 2. The lowest BCUT2D eigenvalue weighted by atomic mass is 9.86. The average molecular weight is 1080 g/mol. The monoisotopic (exact) mass is 1080 g/mol. The molecule has 7 amide bonds. The van der Waals surface area contributed by atoms with Crippen LogP contribution in [0.25, 0.3) is 22.3 Å². The lowest BCUT2D eigenvalue weighted by molar-refractivity contribution is -0.172. The van der Waals surface area contributed by atoms with Gasteiger partial charge >= 0.3 is 13.8 Å². The summed E-state index contributed by atoms with van der Waals surface area (Å²) in [6, 6.07) is 0.120. The third kappa shape index (κ3) is 13.0. The number of imide groups is 1. The maximum atomic E-state index is 15.9. The number of piperidine rings is 1. The van der Waals surface area contributed by atoms with Crippen LogP contribution in [0.2, 0.25) is 0 Å². The SMILES string of the molecule is CCOCCNC(=O)CC[C@H](NC(=O)CCCN1C(=O)C=CC1=O)C(=O)N[C@@H](C)C(=O)N[C@@H](C)C(=O)NC1CCN(Cc2c(OP(=O)(O)O)c(F)cc3nc4c(cc23)Cn2c-4cc3c(c2=O)COC(=O)[C@]3(O)CC)CC1. The molecule has 0 unspecified atom stereocenters. The number of likely N-dealkylation sites (tertiary alicyclic amines) is 1. The number of nitrogens with one attached hydrogen (secondary N) is 5. The third-order valence-corrected chi connectivity index (χ3v) is 14.0. The van der Waals surface area contributed by atoms with Gasteiger partial charge in [0.2, 0.25) is 29.5 Å². The quantitative estimate of drug-likeness (QED) is 0.0208. The lowest BCUT2D eigenvalue weighted by Gasteiger charge is -2.33. The van der Waals surface area contributed by atoms with E-state index >= 15 is 4.39 Å². The standard InChI is InChI=1S/C49H61FN9O16P/c1-5-49(69)33-21-37-42-28(23-59(37)47(67)32(33)25-74-48(49)68)20-30-31(43(75-76(70,71)72)34(50)22-36(30)56-42)24-57-17-13-29(14-18-57)54-45(65)27(4)52-44(64)26(3)53-46(66)35(9-10-38(60)51-15-19-73-6-2)55-39(61)8-7-16-58-40(62)11-12-41(58)63/h11-12,20-22,26-27,29,35,69H,5-10,13-19,23-25H2,1-4H3,(H,51,60)(H,52,64)(H,53,66)(H,54,65)(H,55,61)(H2,70,71,72)/t26-,27-,35-,49-/m0/s1. The van der Waals surface area contributed by atoms with E-state index in [2.05, 4.69) is 26.6 Å². The van der Waals surface area contributed by atoms with Crippen molar-refractivity contribution in [2.45, 2.75) is 122 Å². The summed E-state index contributed by atoms with van der Waals surface area (Å²) in [7, 11) is -5.30. The molecule has 3 aromatic rings. The number of aromatic nitrogens is 2. The van der Waals surface area contributed by atoms with Crippen LogP contribution in [0.5, 0.6) is 5.75 Å². The van der Waals surface area contributed by atoms with Crippen LogP contribution in [0.1, 0.15) is 94.9 Å². The van der Waals surface area contributed by atoms with E-state index in [-0.39, 0.29) is 110 Å². The molecule has 4 aliphatic heterocycles. The first-order valence-electron chi connectivity index (χ1n) is 24.9. The molecular formula is C49H61FN9O16P. The number of hydrogen-bond acceptors (Lipinski definition) is 16. The summed E-state index contributed by atoms with van der Waals surface area (Å²) in [5.74, 6) is -6.82. The van der Waals surface area contributed by atoms with E-state index in [1.165, 1.54) is 24.5 Å². The van der Waals surface area contributed by atoms with Gasteiger partial charge in [-0.1, -0.05) is 6.92 Å². The fraction of sp³-hybridized carbons (Fsp3) is 0.510. The van der Waals surface area contributed by atoms with Crippen molar-refractivity contribution in [1.29, 1.82) is 0 Å². The minimum atomic E-state index is -5.30. The molecule has 1 saturated heterocycles. The second-order valence-corrected chi connectivity index (χ2v) is 20.1. The molecule has 4 atom stereocenters. The summed E-state index contributed by atoms with van der Waals surface area (Å²) in [6.45, 7) is 7.25. The number of rotatable bonds is 23. The van der Waals surface area contributed by atoms with Gasteiger partial charge in [0.1, 0.15) is 24.7 Å². The molecule has 0 aliphatic carbocycles. The molecule has 0 saturated carbocycles. The van der Waals surface area contributed by atoms with E-state index in [4.69, 9.17) is 19.0 Å². The number of aliphatic hydroxyl groups is 1. The number of phosphoric ester groups is 1. The highest BCUT2D eigenvalue weighted by Gasteiger charge is 2.45. The van der Waals surface area contributed by atoms with E-state index in [0.29, 0.717) is 38.1 Å². The third-order valence-electron chi connectivity index (χ3n) is 13.6. The number of carbonyl (C=O) groups is 8. The molecule has 0 bridgehead atoms. The molecule has 25 nitrogen and oxygen atoms in total. The average Bonchev–Trinajstić information content (AvgIpc) is 3.90. The van der Waals surface area contributed by atoms with Gasteiger partial charge in [0, 0.05) is 98.5 Å². The molecule has 0 spiro atoms. The Morgan fingerprint density at radius 1 is 0.934 bits per heavy atom. The van der Waals surface area contributed by atoms with Crippen LogP contribution in [0.15, 0.2) is 35.1 Å². The van der Waals surface area contributed by atoms with E-state index in [9.17, 15) is 62.6 Å². The Kier molecular flexibility index (Phi) is 17.9. The largest absolute Gasteiger partial charge is 0.524 e. The summed E-state index contributed by atoms with van der Waals surface area (Å²) >= 11 is 0. The first-order chi connectivity index (χ1) is 36.0. The van der Waals surface area contributed by atoms with Gasteiger partial charge < -0.3 is 50.3 Å². The Bertz CT molecular complexity index is 2960. The fourth-order valence-electron chi connectivity index (χ4n) is 9.44. The zero-order chi connectivity index (χ0) is 55.2. The number of hydrogen-bond donors (Lipinski definition) is 8. The Labute approximate surface area is 434 Å². The van der Waals surface area contributed by atoms with Gasteiger partial charge in [-0.05, 0) is 65.0 Å². The maximum Gasteiger partial charge on any atom is 0.524 e. The number of cyclic esters (lactones) is 1. The maximum absolute atomic E-state index is 15.9. The van der Waals surface area contributed by atoms with Gasteiger partial charge in [0.05, 0.1) is 35.6 Å². The Balaban J connectivity index is 0.956. The van der Waals surface area contributed by atoms with Crippen LogP contribution < -0.4 is 36.7 Å². The smallest absolute Gasteiger partial charge is 0.458 e. The van der Waals surface area contributed by atoms with Crippen LogP contribution >= 0.6 is 7.82 Å². The number of ether oxygens (including phenoxy) is 2. The summed E-state index contributed by atoms with van der Waals surface area (Å²) in [5.41, 5.74) is -1.23. The number of carbonyl (C=O) groups excluding carboxylic acids is 8. The summed E-state index contributed by atoms with van der Waals surface area (Å²) in [5, 5.41) is 24.7. The van der Waals surface area contributed by atoms with E-state index in [1.54, 1.807) is 19.9 Å². The van der Waals surface area contributed by atoms with Gasteiger partial charge in [0.25, 0.3) is 17.4 Å². The summed E-state index contributed by atoms with van der Waals surface area (Å²) in [4.78, 5) is 143. The zero-order valence-corrected chi connectivity index (χ0v) is 43.2. The number of halogens is 1. The number of fused-ring (bicyclic) bond motifs is 5. The number of phosphoric acid groups is 1. The highest BCUT2D eigenvalue weighted by atomic mass is 31.2. The Hall–Kier alpha value is -6.96. The van der Waals surface area contributed by atoms with E-state index < -0.39 is 102 Å². The van der Waals surface area contributed by atoms with Crippen molar-refractivity contribution >= 4 is 66.0 Å². The second kappa shape index (κ2) is 23.9. The molecule has 1 aromatic carbocycles. The molecule has 0 radical (unpaired) electrons. The molecule has 76 heavy (non-hydrogen) atoms. The number of nitrogens with zero attached hydrogens (tertiary/aromatic N) is 4. The molecule has 8 N–H and O–H groups in total. The zero-order valence-electron chi connectivity index (χ0n) is 42.3. The Morgan fingerprint density at radius 3 is 2.29 bits per heavy atom. The van der Waals surface area contributed by atoms with Gasteiger partial charge in [-0.15, -0.1) is 0 Å².